The van der Waals surface area contributed by atoms with Crippen molar-refractivity contribution in [1.82, 2.24) is 5.16 Å². The maximum Gasteiger partial charge on any atom is 0.378 e. The molecule has 0 aliphatic heterocycles. The summed E-state index contributed by atoms with van der Waals surface area (Å²) in [7, 11) is -4.71. The van der Waals surface area contributed by atoms with Gasteiger partial charge in [-0.1, -0.05) is 5.16 Å². The number of ether oxygens (including phenoxy) is 2. The van der Waals surface area contributed by atoms with Gasteiger partial charge in [-0.05, 0) is 19.9 Å². The Morgan fingerprint density at radius 3 is 2.42 bits per heavy atom. The molecule has 0 aliphatic rings. The zero-order valence-electron chi connectivity index (χ0n) is 12.7. The van der Waals surface area contributed by atoms with Crippen molar-refractivity contribution in [3.05, 3.63) is 23.7 Å². The Morgan fingerprint density at radius 2 is 1.83 bits per heavy atom. The standard InChI is InChI=1S/C13H14NO9P/c1-3-20-12(15)8-9(14-23-11(8)13(16)21-4-2)10-7(5-6-22-10)24(17,18)19/h5-6H,3-4H2,1-2H3,(H2,17,18,19). The van der Waals surface area contributed by atoms with Crippen molar-refractivity contribution in [2.45, 2.75) is 13.8 Å². The van der Waals surface area contributed by atoms with Crippen LogP contribution in [-0.2, 0) is 14.0 Å². The number of hydrogen-bond donors (Lipinski definition) is 2. The van der Waals surface area contributed by atoms with E-state index in [-0.39, 0.29) is 18.9 Å². The van der Waals surface area contributed by atoms with Crippen molar-refractivity contribution in [2.75, 3.05) is 13.2 Å². The zero-order chi connectivity index (χ0) is 17.9. The van der Waals surface area contributed by atoms with Gasteiger partial charge in [-0.15, -0.1) is 0 Å². The Morgan fingerprint density at radius 1 is 1.21 bits per heavy atom. The molecule has 0 aromatic carbocycles. The van der Waals surface area contributed by atoms with E-state index in [2.05, 4.69) is 5.16 Å². The van der Waals surface area contributed by atoms with Gasteiger partial charge in [-0.2, -0.15) is 0 Å². The van der Waals surface area contributed by atoms with Gasteiger partial charge in [-0.3, -0.25) is 4.57 Å². The molecule has 0 radical (unpaired) electrons. The fourth-order valence-corrected chi connectivity index (χ4v) is 2.56. The molecular formula is C13H14NO9P. The summed E-state index contributed by atoms with van der Waals surface area (Å²) in [6.45, 7) is 3.11. The Hall–Kier alpha value is -2.42. The van der Waals surface area contributed by atoms with Gasteiger partial charge in [0.05, 0.1) is 19.5 Å². The van der Waals surface area contributed by atoms with Crippen molar-refractivity contribution < 1.29 is 42.4 Å². The van der Waals surface area contributed by atoms with E-state index >= 15 is 0 Å². The summed E-state index contributed by atoms with van der Waals surface area (Å²) in [5, 5.41) is 3.02. The monoisotopic (exact) mass is 359 g/mol. The van der Waals surface area contributed by atoms with Gasteiger partial charge in [-0.25, -0.2) is 9.59 Å². The molecule has 0 atom stereocenters. The fraction of sp³-hybridized carbons (Fsp3) is 0.308. The topological polar surface area (TPSA) is 149 Å². The lowest BCUT2D eigenvalue weighted by atomic mass is 10.1. The molecule has 2 aromatic rings. The number of esters is 2. The highest BCUT2D eigenvalue weighted by Crippen LogP contribution is 2.39. The largest absolute Gasteiger partial charge is 0.462 e. The summed E-state index contributed by atoms with van der Waals surface area (Å²) in [4.78, 5) is 42.7. The fourth-order valence-electron chi connectivity index (χ4n) is 1.88. The van der Waals surface area contributed by atoms with Crippen LogP contribution in [0.15, 0.2) is 21.3 Å². The van der Waals surface area contributed by atoms with E-state index in [1.165, 1.54) is 0 Å². The lowest BCUT2D eigenvalue weighted by Crippen LogP contribution is -2.14. The molecule has 0 spiro atoms. The Kier molecular flexibility index (Phi) is 5.23. The maximum atomic E-state index is 12.1. The van der Waals surface area contributed by atoms with Crippen molar-refractivity contribution in [3.8, 4) is 11.5 Å². The molecule has 11 heteroatoms. The van der Waals surface area contributed by atoms with Crippen LogP contribution in [-0.4, -0.2) is 40.1 Å². The number of hydrogen-bond acceptors (Lipinski definition) is 8. The van der Waals surface area contributed by atoms with Crippen LogP contribution in [0.5, 0.6) is 0 Å². The molecule has 24 heavy (non-hydrogen) atoms. The molecule has 0 saturated heterocycles. The highest BCUT2D eigenvalue weighted by Gasteiger charge is 2.35. The van der Waals surface area contributed by atoms with Crippen molar-refractivity contribution in [3.63, 3.8) is 0 Å². The van der Waals surface area contributed by atoms with Gasteiger partial charge in [0.2, 0.25) is 0 Å². The smallest absolute Gasteiger partial charge is 0.378 e. The van der Waals surface area contributed by atoms with E-state index in [9.17, 15) is 23.9 Å². The lowest BCUT2D eigenvalue weighted by molar-refractivity contribution is 0.0445. The number of rotatable bonds is 6. The first-order valence-corrected chi connectivity index (χ1v) is 8.40. The van der Waals surface area contributed by atoms with E-state index in [0.717, 1.165) is 12.3 Å². The minimum Gasteiger partial charge on any atom is -0.462 e. The Labute approximate surface area is 135 Å². The first-order chi connectivity index (χ1) is 11.3. The number of nitrogens with zero attached hydrogens (tertiary/aromatic N) is 1. The molecule has 2 rings (SSSR count). The van der Waals surface area contributed by atoms with E-state index < -0.39 is 41.9 Å². The molecule has 10 nitrogen and oxygen atoms in total. The van der Waals surface area contributed by atoms with Gasteiger partial charge in [0.15, 0.2) is 11.5 Å². The van der Waals surface area contributed by atoms with Crippen molar-refractivity contribution in [1.29, 1.82) is 0 Å². The minimum absolute atomic E-state index is 0.00474. The summed E-state index contributed by atoms with van der Waals surface area (Å²) in [6.07, 6.45) is 1.01. The second kappa shape index (κ2) is 7.00. The van der Waals surface area contributed by atoms with Crippen LogP contribution in [0.2, 0.25) is 0 Å². The third-order valence-corrected chi connectivity index (χ3v) is 3.79. The second-order valence-electron chi connectivity index (χ2n) is 4.36. The molecule has 0 aliphatic carbocycles. The van der Waals surface area contributed by atoms with Crippen LogP contribution in [0, 0.1) is 0 Å². The summed E-state index contributed by atoms with van der Waals surface area (Å²) in [6, 6.07) is 1.03. The molecule has 0 amide bonds. The number of furan rings is 1. The molecule has 2 aromatic heterocycles. The van der Waals surface area contributed by atoms with Crippen LogP contribution < -0.4 is 5.30 Å². The van der Waals surface area contributed by atoms with Crippen LogP contribution in [0.4, 0.5) is 0 Å². The first-order valence-electron chi connectivity index (χ1n) is 6.79. The third kappa shape index (κ3) is 3.40. The quantitative estimate of drug-likeness (QED) is 0.567. The minimum atomic E-state index is -4.71. The highest BCUT2D eigenvalue weighted by molar-refractivity contribution is 7.60. The van der Waals surface area contributed by atoms with Crippen molar-refractivity contribution >= 4 is 24.8 Å². The van der Waals surface area contributed by atoms with E-state index in [4.69, 9.17) is 18.4 Å². The molecular weight excluding hydrogens is 345 g/mol. The van der Waals surface area contributed by atoms with Gasteiger partial charge in [0.25, 0.3) is 5.76 Å². The SMILES string of the molecule is CCOC(=O)c1onc(-c2occc2P(=O)(O)O)c1C(=O)OCC. The Balaban J connectivity index is 2.63. The van der Waals surface area contributed by atoms with E-state index in [1.54, 1.807) is 13.8 Å². The summed E-state index contributed by atoms with van der Waals surface area (Å²) in [5.74, 6) is -2.88. The maximum absolute atomic E-state index is 12.1. The summed E-state index contributed by atoms with van der Waals surface area (Å²) < 4.78 is 31.0. The molecule has 2 N–H and O–H groups in total. The number of carbonyl (C=O) groups excluding carboxylic acids is 2. The second-order valence-corrected chi connectivity index (χ2v) is 5.93. The highest BCUT2D eigenvalue weighted by atomic mass is 31.2. The van der Waals surface area contributed by atoms with Crippen molar-refractivity contribution in [2.24, 2.45) is 0 Å². The van der Waals surface area contributed by atoms with Crippen LogP contribution in [0.3, 0.4) is 0 Å². The van der Waals surface area contributed by atoms with E-state index in [1.807, 2.05) is 0 Å². The zero-order valence-corrected chi connectivity index (χ0v) is 13.6. The molecule has 2 heterocycles. The Bertz CT molecular complexity index is 800. The molecule has 130 valence electrons. The van der Waals surface area contributed by atoms with Crippen LogP contribution >= 0.6 is 7.60 Å². The number of carbonyl (C=O) groups is 2. The van der Waals surface area contributed by atoms with Gasteiger partial charge >= 0.3 is 19.5 Å². The van der Waals surface area contributed by atoms with Gasteiger partial charge in [0.1, 0.15) is 10.9 Å². The average molecular weight is 359 g/mol. The summed E-state index contributed by atoms with van der Waals surface area (Å²) >= 11 is 0. The third-order valence-electron chi connectivity index (χ3n) is 2.81. The van der Waals surface area contributed by atoms with Gasteiger partial charge in [0, 0.05) is 0 Å². The molecule has 0 bridgehead atoms. The summed E-state index contributed by atoms with van der Waals surface area (Å²) in [5.41, 5.74) is -0.792. The molecule has 0 saturated carbocycles. The average Bonchev–Trinajstić information content (AvgIpc) is 3.13. The molecule has 0 unspecified atom stereocenters. The molecule has 0 fully saturated rings. The van der Waals surface area contributed by atoms with Crippen LogP contribution in [0.25, 0.3) is 11.5 Å². The van der Waals surface area contributed by atoms with Crippen LogP contribution in [0.1, 0.15) is 34.8 Å². The lowest BCUT2D eigenvalue weighted by Gasteiger charge is -2.05. The van der Waals surface area contributed by atoms with Gasteiger partial charge < -0.3 is 28.2 Å². The normalized spacial score (nSPS) is 11.3. The predicted molar refractivity (Wildman–Crippen MR) is 77.8 cm³/mol. The predicted octanol–water partition coefficient (Wildman–Crippen LogP) is 1.09. The number of aromatic nitrogens is 1. The first kappa shape index (κ1) is 17.9. The van der Waals surface area contributed by atoms with E-state index in [0.29, 0.717) is 0 Å².